The summed E-state index contributed by atoms with van der Waals surface area (Å²) >= 11 is 0. The Bertz CT molecular complexity index is 142. The van der Waals surface area contributed by atoms with Crippen LogP contribution in [0.2, 0.25) is 0 Å². The highest BCUT2D eigenvalue weighted by Gasteiger charge is 2.26. The van der Waals surface area contributed by atoms with Crippen molar-refractivity contribution in [3.05, 3.63) is 12.7 Å². The molecule has 0 aromatic carbocycles. The monoisotopic (exact) mass is 198 g/mol. The third-order valence-corrected chi connectivity index (χ3v) is 3.33. The van der Waals surface area contributed by atoms with Gasteiger partial charge in [-0.3, -0.25) is 4.90 Å². The van der Waals surface area contributed by atoms with Crippen LogP contribution in [-0.2, 0) is 0 Å². The maximum Gasteiger partial charge on any atom is 0.0160 e. The van der Waals surface area contributed by atoms with Crippen LogP contribution >= 0.6 is 0 Å². The summed E-state index contributed by atoms with van der Waals surface area (Å²) in [5.41, 5.74) is 6.18. The number of hydrogen-bond donors (Lipinski definition) is 1. The van der Waals surface area contributed by atoms with Crippen LogP contribution < -0.4 is 5.73 Å². The molecule has 0 atom stereocenters. The van der Waals surface area contributed by atoms with Crippen LogP contribution in [0.3, 0.4) is 0 Å². The predicted molar refractivity (Wildman–Crippen MR) is 64.4 cm³/mol. The van der Waals surface area contributed by atoms with Gasteiger partial charge in [-0.15, -0.1) is 6.58 Å². The van der Waals surface area contributed by atoms with Gasteiger partial charge in [-0.25, -0.2) is 0 Å². The minimum absolute atomic E-state index is 0.305. The minimum atomic E-state index is 0.305. The van der Waals surface area contributed by atoms with Crippen molar-refractivity contribution in [1.29, 1.82) is 0 Å². The number of nitrogens with zero attached hydrogens (tertiary/aromatic N) is 1. The van der Waals surface area contributed by atoms with Gasteiger partial charge in [0.15, 0.2) is 0 Å². The zero-order valence-corrected chi connectivity index (χ0v) is 10.1. The first-order valence-corrected chi connectivity index (χ1v) is 5.71. The lowest BCUT2D eigenvalue weighted by Gasteiger charge is -2.35. The molecule has 14 heavy (non-hydrogen) atoms. The molecule has 0 radical (unpaired) electrons. The molecule has 0 saturated heterocycles. The Morgan fingerprint density at radius 3 is 2.14 bits per heavy atom. The first-order chi connectivity index (χ1) is 6.67. The van der Waals surface area contributed by atoms with Crippen molar-refractivity contribution in [3.63, 3.8) is 0 Å². The average Bonchev–Trinajstić information content (AvgIpc) is 2.25. The molecule has 2 N–H and O–H groups in total. The van der Waals surface area contributed by atoms with Gasteiger partial charge in [0.05, 0.1) is 0 Å². The maximum absolute atomic E-state index is 5.88. The zero-order valence-electron chi connectivity index (χ0n) is 10.1. The smallest absolute Gasteiger partial charge is 0.0160 e. The molecule has 0 rings (SSSR count). The molecule has 0 aromatic heterocycles. The number of likely N-dealkylation sites (N-methyl/N-ethyl adjacent to an activating group) is 1. The highest BCUT2D eigenvalue weighted by molar-refractivity contribution is 4.83. The SMILES string of the molecule is C=CCN(CC)CC(CC)(CC)CN. The molecule has 0 bridgehead atoms. The van der Waals surface area contributed by atoms with Gasteiger partial charge < -0.3 is 5.73 Å². The Labute approximate surface area is 89.2 Å². The lowest BCUT2D eigenvalue weighted by atomic mass is 9.82. The molecule has 0 amide bonds. The second kappa shape index (κ2) is 7.02. The van der Waals surface area contributed by atoms with Crippen LogP contribution in [0.25, 0.3) is 0 Å². The van der Waals surface area contributed by atoms with Crippen LogP contribution in [-0.4, -0.2) is 31.1 Å². The Morgan fingerprint density at radius 2 is 1.86 bits per heavy atom. The first kappa shape index (κ1) is 13.7. The molecular formula is C12H26N2. The van der Waals surface area contributed by atoms with Crippen LogP contribution in [0.4, 0.5) is 0 Å². The van der Waals surface area contributed by atoms with Crippen LogP contribution in [0, 0.1) is 5.41 Å². The first-order valence-electron chi connectivity index (χ1n) is 5.71. The summed E-state index contributed by atoms with van der Waals surface area (Å²) in [6.07, 6.45) is 4.29. The van der Waals surface area contributed by atoms with Crippen molar-refractivity contribution in [3.8, 4) is 0 Å². The van der Waals surface area contributed by atoms with Crippen molar-refractivity contribution in [2.75, 3.05) is 26.2 Å². The van der Waals surface area contributed by atoms with Crippen molar-refractivity contribution < 1.29 is 0 Å². The highest BCUT2D eigenvalue weighted by Crippen LogP contribution is 2.25. The summed E-state index contributed by atoms with van der Waals surface area (Å²) in [7, 11) is 0. The van der Waals surface area contributed by atoms with Crippen LogP contribution in [0.1, 0.15) is 33.6 Å². The van der Waals surface area contributed by atoms with Crippen molar-refractivity contribution >= 4 is 0 Å². The summed E-state index contributed by atoms with van der Waals surface area (Å²) in [6.45, 7) is 14.4. The van der Waals surface area contributed by atoms with Crippen molar-refractivity contribution in [1.82, 2.24) is 4.90 Å². The summed E-state index contributed by atoms with van der Waals surface area (Å²) in [5.74, 6) is 0. The molecule has 0 aliphatic carbocycles. The molecule has 0 unspecified atom stereocenters. The fourth-order valence-electron chi connectivity index (χ4n) is 1.79. The third-order valence-electron chi connectivity index (χ3n) is 3.33. The van der Waals surface area contributed by atoms with Crippen molar-refractivity contribution in [2.45, 2.75) is 33.6 Å². The minimum Gasteiger partial charge on any atom is -0.330 e. The van der Waals surface area contributed by atoms with E-state index in [1.54, 1.807) is 0 Å². The lowest BCUT2D eigenvalue weighted by Crippen LogP contribution is -2.42. The number of nitrogens with two attached hydrogens (primary N) is 1. The van der Waals surface area contributed by atoms with Crippen LogP contribution in [0.5, 0.6) is 0 Å². The highest BCUT2D eigenvalue weighted by atomic mass is 15.1. The third kappa shape index (κ3) is 3.81. The zero-order chi connectivity index (χ0) is 11.0. The normalized spacial score (nSPS) is 12.1. The fourth-order valence-corrected chi connectivity index (χ4v) is 1.79. The summed E-state index contributed by atoms with van der Waals surface area (Å²) < 4.78 is 0. The summed E-state index contributed by atoms with van der Waals surface area (Å²) in [5, 5.41) is 0. The van der Waals surface area contributed by atoms with Crippen LogP contribution in [0.15, 0.2) is 12.7 Å². The number of hydrogen-bond acceptors (Lipinski definition) is 2. The fraction of sp³-hybridized carbons (Fsp3) is 0.833. The quantitative estimate of drug-likeness (QED) is 0.606. The van der Waals surface area contributed by atoms with E-state index in [4.69, 9.17) is 5.73 Å². The van der Waals surface area contributed by atoms with E-state index in [1.165, 1.54) is 0 Å². The largest absolute Gasteiger partial charge is 0.330 e. The van der Waals surface area contributed by atoms with Gasteiger partial charge in [-0.1, -0.05) is 26.8 Å². The van der Waals surface area contributed by atoms with E-state index in [2.05, 4.69) is 32.3 Å². The molecule has 0 aromatic rings. The van der Waals surface area contributed by atoms with E-state index in [9.17, 15) is 0 Å². The maximum atomic E-state index is 5.88. The van der Waals surface area contributed by atoms with E-state index in [0.717, 1.165) is 39.0 Å². The van der Waals surface area contributed by atoms with Gasteiger partial charge in [0.1, 0.15) is 0 Å². The van der Waals surface area contributed by atoms with Gasteiger partial charge in [-0.2, -0.15) is 0 Å². The van der Waals surface area contributed by atoms with Crippen molar-refractivity contribution in [2.24, 2.45) is 11.1 Å². The summed E-state index contributed by atoms with van der Waals surface area (Å²) in [6, 6.07) is 0. The van der Waals surface area contributed by atoms with E-state index in [0.29, 0.717) is 5.41 Å². The summed E-state index contributed by atoms with van der Waals surface area (Å²) in [4.78, 5) is 2.41. The molecule has 0 heterocycles. The van der Waals surface area contributed by atoms with Gasteiger partial charge in [0, 0.05) is 13.1 Å². The molecule has 84 valence electrons. The second-order valence-corrected chi connectivity index (χ2v) is 4.03. The average molecular weight is 198 g/mol. The van der Waals surface area contributed by atoms with Gasteiger partial charge in [0.2, 0.25) is 0 Å². The Kier molecular flexibility index (Phi) is 6.85. The van der Waals surface area contributed by atoms with E-state index < -0.39 is 0 Å². The Balaban J connectivity index is 4.30. The lowest BCUT2D eigenvalue weighted by molar-refractivity contribution is 0.159. The Morgan fingerprint density at radius 1 is 1.29 bits per heavy atom. The van der Waals surface area contributed by atoms with E-state index >= 15 is 0 Å². The van der Waals surface area contributed by atoms with Gasteiger partial charge >= 0.3 is 0 Å². The molecule has 2 nitrogen and oxygen atoms in total. The number of rotatable bonds is 8. The molecule has 0 saturated carbocycles. The standard InChI is InChI=1S/C12H26N2/c1-5-9-14(8-4)11-12(6-2,7-3)10-13/h5H,1,6-11,13H2,2-4H3. The van der Waals surface area contributed by atoms with Gasteiger partial charge in [0.25, 0.3) is 0 Å². The molecule has 0 fully saturated rings. The predicted octanol–water partition coefficient (Wildman–Crippen LogP) is 2.26. The van der Waals surface area contributed by atoms with E-state index in [-0.39, 0.29) is 0 Å². The second-order valence-electron chi connectivity index (χ2n) is 4.03. The topological polar surface area (TPSA) is 29.3 Å². The van der Waals surface area contributed by atoms with Gasteiger partial charge in [-0.05, 0) is 31.3 Å². The molecule has 0 aliphatic rings. The Hall–Kier alpha value is -0.340. The molecule has 0 spiro atoms. The molecular weight excluding hydrogens is 172 g/mol. The molecule has 2 heteroatoms. The van der Waals surface area contributed by atoms with E-state index in [1.807, 2.05) is 6.08 Å². The molecule has 0 aliphatic heterocycles.